The Morgan fingerprint density at radius 2 is 1.44 bits per heavy atom. The van der Waals surface area contributed by atoms with Crippen molar-refractivity contribution in [2.24, 2.45) is 0 Å². The summed E-state index contributed by atoms with van der Waals surface area (Å²) in [6, 6.07) is 26.4. The highest BCUT2D eigenvalue weighted by Gasteiger charge is 2.29. The van der Waals surface area contributed by atoms with Gasteiger partial charge < -0.3 is 10.2 Å². The molecular weight excluding hydrogens is 420 g/mol. The van der Waals surface area contributed by atoms with Crippen LogP contribution in [0.1, 0.15) is 36.5 Å². The summed E-state index contributed by atoms with van der Waals surface area (Å²) in [6.45, 7) is 2.74. The lowest BCUT2D eigenvalue weighted by molar-refractivity contribution is -0.141. The molecule has 166 valence electrons. The van der Waals surface area contributed by atoms with Crippen molar-refractivity contribution in [2.45, 2.75) is 45.3 Å². The molecule has 0 aliphatic carbocycles. The molecule has 3 aromatic carbocycles. The third kappa shape index (κ3) is 6.96. The Labute approximate surface area is 195 Å². The van der Waals surface area contributed by atoms with E-state index in [1.54, 1.807) is 17.0 Å². The van der Waals surface area contributed by atoms with E-state index in [4.69, 9.17) is 11.6 Å². The van der Waals surface area contributed by atoms with E-state index in [9.17, 15) is 9.59 Å². The molecule has 2 amide bonds. The summed E-state index contributed by atoms with van der Waals surface area (Å²) in [5, 5.41) is 3.68. The summed E-state index contributed by atoms with van der Waals surface area (Å²) in [5.74, 6) is -0.186. The first kappa shape index (κ1) is 23.6. The highest BCUT2D eigenvalue weighted by molar-refractivity contribution is 6.30. The van der Waals surface area contributed by atoms with Crippen LogP contribution in [0.25, 0.3) is 0 Å². The lowest BCUT2D eigenvalue weighted by Crippen LogP contribution is -2.50. The molecule has 1 unspecified atom stereocenters. The Morgan fingerprint density at radius 1 is 0.844 bits per heavy atom. The van der Waals surface area contributed by atoms with Crippen LogP contribution in [0.3, 0.4) is 0 Å². The molecule has 1 N–H and O–H groups in total. The van der Waals surface area contributed by atoms with Crippen LogP contribution in [0, 0.1) is 0 Å². The summed E-state index contributed by atoms with van der Waals surface area (Å²) in [7, 11) is 0. The second-order valence-corrected chi connectivity index (χ2v) is 8.24. The number of carbonyl (C=O) groups is 2. The van der Waals surface area contributed by atoms with Gasteiger partial charge in [-0.25, -0.2) is 0 Å². The Bertz CT molecular complexity index is 991. The van der Waals surface area contributed by atoms with Gasteiger partial charge in [-0.15, -0.1) is 0 Å². The first-order chi connectivity index (χ1) is 15.6. The van der Waals surface area contributed by atoms with Gasteiger partial charge in [-0.1, -0.05) is 91.3 Å². The maximum Gasteiger partial charge on any atom is 0.243 e. The molecule has 0 aliphatic rings. The number of halogens is 1. The molecule has 0 saturated heterocycles. The molecule has 3 rings (SSSR count). The lowest BCUT2D eigenvalue weighted by atomic mass is 10.0. The first-order valence-electron chi connectivity index (χ1n) is 11.0. The van der Waals surface area contributed by atoms with Crippen molar-refractivity contribution < 1.29 is 9.59 Å². The molecule has 0 fully saturated rings. The number of nitrogens with zero attached hydrogens (tertiary/aromatic N) is 1. The SMILES string of the molecule is CCCC(=O)N(Cc1ccc(Cl)cc1)C(Cc1ccccc1)C(=O)NCc1ccccc1. The van der Waals surface area contributed by atoms with Crippen molar-refractivity contribution in [3.05, 3.63) is 107 Å². The number of hydrogen-bond acceptors (Lipinski definition) is 2. The van der Waals surface area contributed by atoms with Crippen LogP contribution < -0.4 is 5.32 Å². The van der Waals surface area contributed by atoms with E-state index in [0.717, 1.165) is 23.1 Å². The zero-order valence-electron chi connectivity index (χ0n) is 18.3. The van der Waals surface area contributed by atoms with Crippen LogP contribution in [0.15, 0.2) is 84.9 Å². The predicted octanol–water partition coefficient (Wildman–Crippen LogP) is 5.40. The molecule has 0 radical (unpaired) electrons. The van der Waals surface area contributed by atoms with E-state index in [1.165, 1.54) is 0 Å². The number of nitrogens with one attached hydrogen (secondary N) is 1. The molecule has 0 aromatic heterocycles. The van der Waals surface area contributed by atoms with Gasteiger partial charge in [-0.05, 0) is 35.2 Å². The second kappa shape index (κ2) is 12.1. The maximum atomic E-state index is 13.4. The van der Waals surface area contributed by atoms with Crippen molar-refractivity contribution in [1.29, 1.82) is 0 Å². The fourth-order valence-electron chi connectivity index (χ4n) is 3.60. The molecule has 3 aromatic rings. The van der Waals surface area contributed by atoms with Crippen molar-refractivity contribution >= 4 is 23.4 Å². The molecule has 1 atom stereocenters. The Kier molecular flexibility index (Phi) is 8.88. The van der Waals surface area contributed by atoms with Crippen LogP contribution in [-0.4, -0.2) is 22.8 Å². The van der Waals surface area contributed by atoms with Gasteiger partial charge in [0.05, 0.1) is 0 Å². The van der Waals surface area contributed by atoms with Crippen molar-refractivity contribution in [1.82, 2.24) is 10.2 Å². The summed E-state index contributed by atoms with van der Waals surface area (Å²) >= 11 is 6.04. The second-order valence-electron chi connectivity index (χ2n) is 7.81. The van der Waals surface area contributed by atoms with Gasteiger partial charge in [-0.2, -0.15) is 0 Å². The van der Waals surface area contributed by atoms with Crippen molar-refractivity contribution in [3.8, 4) is 0 Å². The quantitative estimate of drug-likeness (QED) is 0.451. The Morgan fingerprint density at radius 3 is 2.03 bits per heavy atom. The standard InChI is InChI=1S/C27H29ClN2O2/c1-2-9-26(31)30(20-23-14-16-24(28)17-15-23)25(18-21-10-5-3-6-11-21)27(32)29-19-22-12-7-4-8-13-22/h3-8,10-17,25H,2,9,18-20H2,1H3,(H,29,32). The maximum absolute atomic E-state index is 13.4. The van der Waals surface area contributed by atoms with Crippen LogP contribution >= 0.6 is 11.6 Å². The minimum absolute atomic E-state index is 0.0294. The number of hydrogen-bond donors (Lipinski definition) is 1. The van der Waals surface area contributed by atoms with Crippen LogP contribution in [0.4, 0.5) is 0 Å². The summed E-state index contributed by atoms with van der Waals surface area (Å²) < 4.78 is 0. The molecule has 0 heterocycles. The zero-order chi connectivity index (χ0) is 22.8. The molecule has 4 nitrogen and oxygen atoms in total. The van der Waals surface area contributed by atoms with E-state index in [-0.39, 0.29) is 11.8 Å². The molecule has 0 aliphatic heterocycles. The molecule has 0 bridgehead atoms. The van der Waals surface area contributed by atoms with E-state index < -0.39 is 6.04 Å². The van der Waals surface area contributed by atoms with Crippen LogP contribution in [0.5, 0.6) is 0 Å². The molecule has 32 heavy (non-hydrogen) atoms. The third-order valence-corrected chi connectivity index (χ3v) is 5.56. The largest absolute Gasteiger partial charge is 0.350 e. The van der Waals surface area contributed by atoms with Gasteiger partial charge >= 0.3 is 0 Å². The van der Waals surface area contributed by atoms with Gasteiger partial charge in [-0.3, -0.25) is 9.59 Å². The van der Waals surface area contributed by atoms with Crippen LogP contribution in [0.2, 0.25) is 5.02 Å². The van der Waals surface area contributed by atoms with E-state index in [0.29, 0.717) is 31.0 Å². The number of rotatable bonds is 10. The third-order valence-electron chi connectivity index (χ3n) is 5.31. The highest BCUT2D eigenvalue weighted by atomic mass is 35.5. The lowest BCUT2D eigenvalue weighted by Gasteiger charge is -2.31. The number of amides is 2. The highest BCUT2D eigenvalue weighted by Crippen LogP contribution is 2.18. The topological polar surface area (TPSA) is 49.4 Å². The number of carbonyl (C=O) groups excluding carboxylic acids is 2. The Hall–Kier alpha value is -3.11. The predicted molar refractivity (Wildman–Crippen MR) is 129 cm³/mol. The van der Waals surface area contributed by atoms with E-state index >= 15 is 0 Å². The van der Waals surface area contributed by atoms with Gasteiger partial charge in [0, 0.05) is 31.0 Å². The molecule has 0 spiro atoms. The fraction of sp³-hybridized carbons (Fsp3) is 0.259. The monoisotopic (exact) mass is 448 g/mol. The van der Waals surface area contributed by atoms with Gasteiger partial charge in [0.1, 0.15) is 6.04 Å². The summed E-state index contributed by atoms with van der Waals surface area (Å²) in [5.41, 5.74) is 2.97. The van der Waals surface area contributed by atoms with Gasteiger partial charge in [0.2, 0.25) is 11.8 Å². The van der Waals surface area contributed by atoms with E-state index in [2.05, 4.69) is 5.32 Å². The fourth-order valence-corrected chi connectivity index (χ4v) is 3.73. The van der Waals surface area contributed by atoms with Gasteiger partial charge in [0.15, 0.2) is 0 Å². The van der Waals surface area contributed by atoms with Crippen LogP contribution in [-0.2, 0) is 29.1 Å². The van der Waals surface area contributed by atoms with E-state index in [1.807, 2.05) is 79.7 Å². The summed E-state index contributed by atoms with van der Waals surface area (Å²) in [6.07, 6.45) is 1.56. The van der Waals surface area contributed by atoms with Crippen molar-refractivity contribution in [2.75, 3.05) is 0 Å². The minimum atomic E-state index is -0.615. The smallest absolute Gasteiger partial charge is 0.243 e. The molecular formula is C27H29ClN2O2. The minimum Gasteiger partial charge on any atom is -0.350 e. The first-order valence-corrected chi connectivity index (χ1v) is 11.3. The van der Waals surface area contributed by atoms with Gasteiger partial charge in [0.25, 0.3) is 0 Å². The number of benzene rings is 3. The summed E-state index contributed by atoms with van der Waals surface area (Å²) in [4.78, 5) is 28.2. The van der Waals surface area contributed by atoms with Crippen molar-refractivity contribution in [3.63, 3.8) is 0 Å². The zero-order valence-corrected chi connectivity index (χ0v) is 19.1. The normalized spacial score (nSPS) is 11.6. The molecule has 0 saturated carbocycles. The Balaban J connectivity index is 1.87. The average molecular weight is 449 g/mol. The average Bonchev–Trinajstić information content (AvgIpc) is 2.82. The molecule has 5 heteroatoms.